The summed E-state index contributed by atoms with van der Waals surface area (Å²) in [5, 5.41) is 39.1. The van der Waals surface area contributed by atoms with Crippen molar-refractivity contribution >= 4 is 19.8 Å². The van der Waals surface area contributed by atoms with E-state index in [1.165, 1.54) is 103 Å². The Morgan fingerprint density at radius 2 is 1.00 bits per heavy atom. The van der Waals surface area contributed by atoms with E-state index < -0.39 is 70.6 Å². The molecule has 64 heavy (non-hydrogen) atoms. The molecule has 12 nitrogen and oxygen atoms in total. The summed E-state index contributed by atoms with van der Waals surface area (Å²) in [4.78, 5) is 35.2. The summed E-state index contributed by atoms with van der Waals surface area (Å²) in [5.41, 5.74) is 0. The Morgan fingerprint density at radius 3 is 1.50 bits per heavy atom. The van der Waals surface area contributed by atoms with Crippen molar-refractivity contribution in [3.05, 3.63) is 48.6 Å². The number of ether oxygens (including phenoxy) is 2. The van der Waals surface area contributed by atoms with Crippen LogP contribution in [-0.2, 0) is 32.7 Å². The first-order valence-electron chi connectivity index (χ1n) is 25.2. The molecule has 0 saturated heterocycles. The largest absolute Gasteiger partial charge is 0.472 e. The third kappa shape index (κ3) is 42.5. The molecular formula is C51H93O12P. The molecule has 0 aliphatic carbocycles. The van der Waals surface area contributed by atoms with Crippen molar-refractivity contribution in [2.75, 3.05) is 26.4 Å². The van der Waals surface area contributed by atoms with Gasteiger partial charge in [0.05, 0.1) is 32.0 Å². The average molecular weight is 929 g/mol. The van der Waals surface area contributed by atoms with Crippen molar-refractivity contribution in [1.29, 1.82) is 0 Å². The Balaban J connectivity index is 4.37. The zero-order valence-corrected chi connectivity index (χ0v) is 41.3. The van der Waals surface area contributed by atoms with E-state index in [0.29, 0.717) is 12.8 Å². The van der Waals surface area contributed by atoms with Crippen LogP contribution in [0.4, 0.5) is 0 Å². The molecule has 0 radical (unpaired) electrons. The summed E-state index contributed by atoms with van der Waals surface area (Å²) < 4.78 is 32.7. The van der Waals surface area contributed by atoms with E-state index in [9.17, 15) is 34.4 Å². The topological polar surface area (TPSA) is 189 Å². The molecule has 0 aliphatic rings. The molecule has 0 heterocycles. The van der Waals surface area contributed by atoms with Gasteiger partial charge in [-0.2, -0.15) is 0 Å². The minimum Gasteiger partial charge on any atom is -0.462 e. The van der Waals surface area contributed by atoms with Crippen LogP contribution in [0, 0.1) is 5.92 Å². The molecule has 13 heteroatoms. The molecule has 0 aromatic carbocycles. The second kappa shape index (κ2) is 44.7. The van der Waals surface area contributed by atoms with E-state index in [2.05, 4.69) is 55.7 Å². The number of phosphoric acid groups is 1. The Labute approximate surface area is 389 Å². The van der Waals surface area contributed by atoms with E-state index >= 15 is 0 Å². The van der Waals surface area contributed by atoms with Gasteiger partial charge in [-0.3, -0.25) is 18.6 Å². The molecule has 0 aliphatic heterocycles. The fraction of sp³-hybridized carbons (Fsp3) is 0.804. The summed E-state index contributed by atoms with van der Waals surface area (Å²) in [7, 11) is -4.69. The molecule has 0 spiro atoms. The van der Waals surface area contributed by atoms with Crippen LogP contribution in [0.5, 0.6) is 0 Å². The number of aliphatic hydroxyl groups is 4. The number of carbonyl (C=O) groups excluding carboxylic acids is 2. The molecule has 0 fully saturated rings. The molecule has 0 rings (SSSR count). The summed E-state index contributed by atoms with van der Waals surface area (Å²) in [5.74, 6) is -0.324. The third-order valence-corrected chi connectivity index (χ3v) is 12.2. The fourth-order valence-electron chi connectivity index (χ4n) is 6.88. The van der Waals surface area contributed by atoms with E-state index in [1.54, 1.807) is 0 Å². The number of aliphatic hydroxyl groups excluding tert-OH is 4. The minimum atomic E-state index is -4.69. The first-order valence-corrected chi connectivity index (χ1v) is 26.6. The van der Waals surface area contributed by atoms with Gasteiger partial charge in [-0.1, -0.05) is 191 Å². The highest BCUT2D eigenvalue weighted by Crippen LogP contribution is 2.43. The standard InChI is InChI=1S/C51H93O12P/c1-4-6-7-8-9-10-11-21-24-27-30-33-37-48(54)49(55)38-35-40-50(56)60-43-47(44-62-64(58,59)61-42-46(53)41-52)63-51(57)39-34-31-28-25-22-19-17-15-13-12-14-16-18-20-23-26-29-32-36-45(3)5-2/h6-7,9-10,21,24,30,33,45-49,52-55H,4-5,8,11-20,22-23,25-29,31-32,34-44H2,1-3H3,(H,58,59)/b7-6-,10-9-,24-21-,33-30-/t45?,46-,47+,48-,49-/m0/s1. The predicted molar refractivity (Wildman–Crippen MR) is 259 cm³/mol. The number of carbonyl (C=O) groups is 2. The van der Waals surface area contributed by atoms with Gasteiger partial charge in [0, 0.05) is 12.8 Å². The minimum absolute atomic E-state index is 0.0744. The zero-order chi connectivity index (χ0) is 47.4. The lowest BCUT2D eigenvalue weighted by Crippen LogP contribution is -2.30. The fourth-order valence-corrected chi connectivity index (χ4v) is 7.67. The van der Waals surface area contributed by atoms with Crippen molar-refractivity contribution < 1.29 is 58.0 Å². The van der Waals surface area contributed by atoms with E-state index in [-0.39, 0.29) is 32.1 Å². The van der Waals surface area contributed by atoms with Gasteiger partial charge in [0.1, 0.15) is 12.7 Å². The van der Waals surface area contributed by atoms with Gasteiger partial charge in [-0.05, 0) is 57.3 Å². The number of unbranched alkanes of at least 4 members (excludes halogenated alkanes) is 17. The van der Waals surface area contributed by atoms with Gasteiger partial charge >= 0.3 is 19.8 Å². The lowest BCUT2D eigenvalue weighted by atomic mass is 9.99. The van der Waals surface area contributed by atoms with Crippen LogP contribution in [-0.4, -0.2) is 88.1 Å². The van der Waals surface area contributed by atoms with E-state index in [4.69, 9.17) is 19.1 Å². The number of rotatable bonds is 46. The van der Waals surface area contributed by atoms with Crippen molar-refractivity contribution in [1.82, 2.24) is 0 Å². The Bertz CT molecular complexity index is 1250. The quantitative estimate of drug-likeness (QED) is 0.0168. The Hall–Kier alpha value is -2.15. The second-order valence-electron chi connectivity index (χ2n) is 17.4. The Morgan fingerprint density at radius 1 is 0.547 bits per heavy atom. The first kappa shape index (κ1) is 61.9. The molecule has 6 atom stereocenters. The number of esters is 2. The zero-order valence-electron chi connectivity index (χ0n) is 40.4. The van der Waals surface area contributed by atoms with Crippen LogP contribution in [0.25, 0.3) is 0 Å². The average Bonchev–Trinajstić information content (AvgIpc) is 3.28. The maximum absolute atomic E-state index is 12.7. The van der Waals surface area contributed by atoms with Gasteiger partial charge in [-0.25, -0.2) is 4.57 Å². The highest BCUT2D eigenvalue weighted by Gasteiger charge is 2.27. The van der Waals surface area contributed by atoms with Gasteiger partial charge in [0.2, 0.25) is 0 Å². The van der Waals surface area contributed by atoms with Crippen molar-refractivity contribution in [2.24, 2.45) is 5.92 Å². The van der Waals surface area contributed by atoms with Crippen molar-refractivity contribution in [2.45, 2.75) is 231 Å². The summed E-state index contributed by atoms with van der Waals surface area (Å²) in [6.45, 7) is 4.34. The third-order valence-electron chi connectivity index (χ3n) is 11.2. The van der Waals surface area contributed by atoms with Crippen molar-refractivity contribution in [3.63, 3.8) is 0 Å². The maximum atomic E-state index is 12.7. The normalized spacial score (nSPS) is 15.6. The number of allylic oxidation sites excluding steroid dienone is 7. The highest BCUT2D eigenvalue weighted by atomic mass is 31.2. The molecule has 0 bridgehead atoms. The molecule has 0 saturated carbocycles. The van der Waals surface area contributed by atoms with Gasteiger partial charge < -0.3 is 34.8 Å². The number of hydrogen-bond donors (Lipinski definition) is 5. The van der Waals surface area contributed by atoms with Crippen LogP contribution in [0.1, 0.15) is 207 Å². The lowest BCUT2D eigenvalue weighted by molar-refractivity contribution is -0.161. The molecule has 374 valence electrons. The molecule has 2 unspecified atom stereocenters. The monoisotopic (exact) mass is 929 g/mol. The van der Waals surface area contributed by atoms with Gasteiger partial charge in [0.25, 0.3) is 0 Å². The summed E-state index contributed by atoms with van der Waals surface area (Å²) in [6.07, 6.45) is 41.0. The lowest BCUT2D eigenvalue weighted by Gasteiger charge is -2.20. The molecule has 0 amide bonds. The molecule has 0 aromatic rings. The maximum Gasteiger partial charge on any atom is 0.472 e. The second-order valence-corrected chi connectivity index (χ2v) is 18.8. The SMILES string of the molecule is CC/C=C\C/C=C\C/C=C\C/C=C\C[C@H](O)[C@@H](O)CCCC(=O)OC[C@H](COP(=O)(O)OC[C@@H](O)CO)OC(=O)CCCCCCCCCCCCCCCCCCCCC(C)CC. The molecule has 0 aromatic heterocycles. The van der Waals surface area contributed by atoms with E-state index in [1.807, 2.05) is 18.2 Å². The smallest absolute Gasteiger partial charge is 0.462 e. The van der Waals surface area contributed by atoms with Crippen LogP contribution in [0.15, 0.2) is 48.6 Å². The molecule has 5 N–H and O–H groups in total. The number of phosphoric ester groups is 1. The van der Waals surface area contributed by atoms with Crippen LogP contribution < -0.4 is 0 Å². The van der Waals surface area contributed by atoms with Crippen LogP contribution in [0.3, 0.4) is 0 Å². The summed E-state index contributed by atoms with van der Waals surface area (Å²) in [6, 6.07) is 0. The number of hydrogen-bond acceptors (Lipinski definition) is 11. The van der Waals surface area contributed by atoms with Gasteiger partial charge in [0.15, 0.2) is 6.10 Å². The highest BCUT2D eigenvalue weighted by molar-refractivity contribution is 7.47. The summed E-state index contributed by atoms with van der Waals surface area (Å²) >= 11 is 0. The predicted octanol–water partition coefficient (Wildman–Crippen LogP) is 11.9. The first-order chi connectivity index (χ1) is 30.9. The van der Waals surface area contributed by atoms with Crippen LogP contribution in [0.2, 0.25) is 0 Å². The Kier molecular flexibility index (Phi) is 43.2. The molecular weight excluding hydrogens is 836 g/mol. The van der Waals surface area contributed by atoms with Gasteiger partial charge in [-0.15, -0.1) is 0 Å². The van der Waals surface area contributed by atoms with E-state index in [0.717, 1.165) is 44.4 Å². The van der Waals surface area contributed by atoms with Crippen molar-refractivity contribution in [3.8, 4) is 0 Å². The van der Waals surface area contributed by atoms with Crippen LogP contribution >= 0.6 is 7.82 Å².